The summed E-state index contributed by atoms with van der Waals surface area (Å²) < 4.78 is 3.32. The van der Waals surface area contributed by atoms with Crippen LogP contribution in [0.5, 0.6) is 0 Å². The van der Waals surface area contributed by atoms with Crippen molar-refractivity contribution in [1.82, 2.24) is 29.8 Å². The van der Waals surface area contributed by atoms with Crippen molar-refractivity contribution in [2.45, 2.75) is 25.4 Å². The van der Waals surface area contributed by atoms with E-state index in [9.17, 15) is 19.2 Å². The Bertz CT molecular complexity index is 1270. The maximum absolute atomic E-state index is 13.1. The fourth-order valence-electron chi connectivity index (χ4n) is 3.96. The van der Waals surface area contributed by atoms with Crippen molar-refractivity contribution in [3.8, 4) is 5.82 Å². The van der Waals surface area contributed by atoms with Gasteiger partial charge >= 0.3 is 0 Å². The van der Waals surface area contributed by atoms with Crippen LogP contribution in [0, 0.1) is 0 Å². The van der Waals surface area contributed by atoms with E-state index >= 15 is 0 Å². The molecule has 2 aromatic heterocycles. The monoisotopic (exact) mass is 433 g/mol. The second kappa shape index (κ2) is 7.45. The number of hydrogen-bond acceptors (Lipinski definition) is 7. The van der Waals surface area contributed by atoms with Crippen molar-refractivity contribution in [2.75, 3.05) is 5.32 Å². The molecule has 4 heterocycles. The first-order valence-electron chi connectivity index (χ1n) is 10.0. The summed E-state index contributed by atoms with van der Waals surface area (Å²) in [7, 11) is 1.82. The lowest BCUT2D eigenvalue weighted by atomic mass is 10.0. The molecule has 4 amide bonds. The van der Waals surface area contributed by atoms with Gasteiger partial charge in [0.1, 0.15) is 6.04 Å². The molecule has 2 N–H and O–H groups in total. The Morgan fingerprint density at radius 2 is 2.00 bits per heavy atom. The van der Waals surface area contributed by atoms with Gasteiger partial charge in [0.05, 0.1) is 17.3 Å². The number of piperidine rings is 1. The van der Waals surface area contributed by atoms with Gasteiger partial charge in [-0.15, -0.1) is 0 Å². The van der Waals surface area contributed by atoms with Gasteiger partial charge in [-0.3, -0.25) is 34.1 Å². The summed E-state index contributed by atoms with van der Waals surface area (Å²) in [5.74, 6) is -1.44. The summed E-state index contributed by atoms with van der Waals surface area (Å²) in [5.41, 5.74) is 1.79. The zero-order chi connectivity index (χ0) is 22.4. The molecule has 1 fully saturated rings. The first kappa shape index (κ1) is 19.7. The van der Waals surface area contributed by atoms with Crippen molar-refractivity contribution in [2.24, 2.45) is 7.05 Å². The largest absolute Gasteiger partial charge is 0.380 e. The van der Waals surface area contributed by atoms with Gasteiger partial charge in [0.2, 0.25) is 11.8 Å². The van der Waals surface area contributed by atoms with E-state index in [-0.39, 0.29) is 24.0 Å². The number of carbonyl (C=O) groups excluding carboxylic acids is 4. The number of hydrogen-bond donors (Lipinski definition) is 2. The van der Waals surface area contributed by atoms with Gasteiger partial charge in [0, 0.05) is 49.7 Å². The zero-order valence-corrected chi connectivity index (χ0v) is 17.1. The number of nitrogens with one attached hydrogen (secondary N) is 2. The minimum Gasteiger partial charge on any atom is -0.380 e. The summed E-state index contributed by atoms with van der Waals surface area (Å²) in [6.45, 7) is 0.364. The molecule has 0 radical (unpaired) electrons. The lowest BCUT2D eigenvalue weighted by Gasteiger charge is -2.27. The highest BCUT2D eigenvalue weighted by atomic mass is 16.2. The van der Waals surface area contributed by atoms with E-state index in [1.54, 1.807) is 33.8 Å². The van der Waals surface area contributed by atoms with Crippen LogP contribution in [0.1, 0.15) is 39.1 Å². The molecular weight excluding hydrogens is 414 g/mol. The summed E-state index contributed by atoms with van der Waals surface area (Å²) in [4.78, 5) is 50.7. The highest BCUT2D eigenvalue weighted by Crippen LogP contribution is 2.32. The SMILES string of the molecule is Cn1ccc(-n2cc(CNc3cccc4c3C(=O)N(C3CCC(=O)NC3=O)C4=O)cn2)n1. The van der Waals surface area contributed by atoms with E-state index in [0.29, 0.717) is 18.1 Å². The summed E-state index contributed by atoms with van der Waals surface area (Å²) in [6.07, 6.45) is 5.52. The fourth-order valence-corrected chi connectivity index (χ4v) is 3.96. The van der Waals surface area contributed by atoms with E-state index in [0.717, 1.165) is 10.5 Å². The van der Waals surface area contributed by atoms with Crippen molar-refractivity contribution >= 4 is 29.3 Å². The van der Waals surface area contributed by atoms with Crippen LogP contribution in [0.4, 0.5) is 5.69 Å². The molecule has 2 aliphatic heterocycles. The average molecular weight is 433 g/mol. The number of anilines is 1. The molecule has 0 spiro atoms. The number of imide groups is 2. The van der Waals surface area contributed by atoms with Gasteiger partial charge in [-0.05, 0) is 18.6 Å². The molecule has 3 aromatic rings. The molecule has 0 aliphatic carbocycles. The Labute approximate surface area is 182 Å². The third kappa shape index (κ3) is 3.23. The third-order valence-electron chi connectivity index (χ3n) is 5.52. The van der Waals surface area contributed by atoms with E-state index in [1.807, 2.05) is 25.5 Å². The number of amides is 4. The van der Waals surface area contributed by atoms with Crippen molar-refractivity contribution in [3.63, 3.8) is 0 Å². The van der Waals surface area contributed by atoms with Crippen molar-refractivity contribution in [1.29, 1.82) is 0 Å². The molecular formula is C21H19N7O4. The number of fused-ring (bicyclic) bond motifs is 1. The first-order valence-corrected chi connectivity index (χ1v) is 10.0. The topological polar surface area (TPSA) is 131 Å². The molecule has 0 saturated carbocycles. The van der Waals surface area contributed by atoms with E-state index in [4.69, 9.17) is 0 Å². The smallest absolute Gasteiger partial charge is 0.264 e. The molecule has 32 heavy (non-hydrogen) atoms. The first-order chi connectivity index (χ1) is 15.4. The molecule has 5 rings (SSSR count). The van der Waals surface area contributed by atoms with Crippen LogP contribution in [0.25, 0.3) is 5.82 Å². The third-order valence-corrected chi connectivity index (χ3v) is 5.52. The maximum atomic E-state index is 13.1. The van der Waals surface area contributed by atoms with Gasteiger partial charge in [-0.25, -0.2) is 4.68 Å². The molecule has 0 bridgehead atoms. The highest BCUT2D eigenvalue weighted by molar-refractivity contribution is 6.25. The van der Waals surface area contributed by atoms with Crippen LogP contribution < -0.4 is 10.6 Å². The molecule has 1 unspecified atom stereocenters. The minimum atomic E-state index is -0.996. The van der Waals surface area contributed by atoms with Crippen LogP contribution in [-0.4, -0.2) is 54.1 Å². The lowest BCUT2D eigenvalue weighted by molar-refractivity contribution is -0.136. The van der Waals surface area contributed by atoms with E-state index < -0.39 is 29.7 Å². The van der Waals surface area contributed by atoms with Crippen LogP contribution in [0.2, 0.25) is 0 Å². The lowest BCUT2D eigenvalue weighted by Crippen LogP contribution is -2.54. The molecule has 1 aromatic carbocycles. The normalized spacial score (nSPS) is 18.2. The predicted molar refractivity (Wildman–Crippen MR) is 111 cm³/mol. The Hall–Kier alpha value is -4.28. The van der Waals surface area contributed by atoms with Gasteiger partial charge in [-0.1, -0.05) is 6.07 Å². The van der Waals surface area contributed by atoms with Gasteiger partial charge in [-0.2, -0.15) is 10.2 Å². The maximum Gasteiger partial charge on any atom is 0.264 e. The van der Waals surface area contributed by atoms with Crippen LogP contribution >= 0.6 is 0 Å². The summed E-state index contributed by atoms with van der Waals surface area (Å²) in [5, 5.41) is 14.0. The summed E-state index contributed by atoms with van der Waals surface area (Å²) >= 11 is 0. The van der Waals surface area contributed by atoms with E-state index in [2.05, 4.69) is 20.8 Å². The van der Waals surface area contributed by atoms with E-state index in [1.165, 1.54) is 0 Å². The molecule has 1 atom stereocenters. The Morgan fingerprint density at radius 3 is 2.75 bits per heavy atom. The molecule has 2 aliphatic rings. The number of nitrogens with zero attached hydrogens (tertiary/aromatic N) is 5. The number of carbonyl (C=O) groups is 4. The van der Waals surface area contributed by atoms with Gasteiger partial charge in [0.15, 0.2) is 5.82 Å². The molecule has 1 saturated heterocycles. The Balaban J connectivity index is 1.36. The second-order valence-electron chi connectivity index (χ2n) is 7.67. The number of benzene rings is 1. The zero-order valence-electron chi connectivity index (χ0n) is 17.1. The second-order valence-corrected chi connectivity index (χ2v) is 7.67. The van der Waals surface area contributed by atoms with Gasteiger partial charge in [0.25, 0.3) is 11.8 Å². The number of rotatable bonds is 5. The van der Waals surface area contributed by atoms with Crippen LogP contribution in [0.3, 0.4) is 0 Å². The van der Waals surface area contributed by atoms with Crippen LogP contribution in [0.15, 0.2) is 42.9 Å². The van der Waals surface area contributed by atoms with Crippen molar-refractivity contribution < 1.29 is 19.2 Å². The number of aromatic nitrogens is 4. The molecule has 11 nitrogen and oxygen atoms in total. The fraction of sp³-hybridized carbons (Fsp3) is 0.238. The molecule has 11 heteroatoms. The quantitative estimate of drug-likeness (QED) is 0.564. The Kier molecular flexibility index (Phi) is 4.58. The Morgan fingerprint density at radius 1 is 1.16 bits per heavy atom. The molecule has 162 valence electrons. The van der Waals surface area contributed by atoms with Crippen LogP contribution in [-0.2, 0) is 23.2 Å². The summed E-state index contributed by atoms with van der Waals surface area (Å²) in [6, 6.07) is 5.79. The number of aryl methyl sites for hydroxylation is 1. The average Bonchev–Trinajstić information content (AvgIpc) is 3.47. The highest BCUT2D eigenvalue weighted by Gasteiger charge is 2.45. The minimum absolute atomic E-state index is 0.0786. The standard InChI is InChI=1S/C21H19N7O4/c1-26-8-7-16(25-26)27-11-12(10-23-27)9-22-14-4-2-3-13-18(14)21(32)28(20(13)31)15-5-6-17(29)24-19(15)30/h2-4,7-8,10-11,15,22H,5-6,9H2,1H3,(H,24,29,30). The van der Waals surface area contributed by atoms with Gasteiger partial charge < -0.3 is 5.32 Å². The van der Waals surface area contributed by atoms with Crippen molar-refractivity contribution in [3.05, 3.63) is 59.5 Å². The predicted octanol–water partition coefficient (Wildman–Crippen LogP) is 0.619.